The van der Waals surface area contributed by atoms with Crippen molar-refractivity contribution < 1.29 is 9.30 Å². The summed E-state index contributed by atoms with van der Waals surface area (Å²) in [4.78, 5) is 0. The first-order valence-corrected chi connectivity index (χ1v) is 13.0. The van der Waals surface area contributed by atoms with Crippen molar-refractivity contribution in [2.75, 3.05) is 0 Å². The molecule has 5 aromatic carbocycles. The maximum Gasteiger partial charge on any atom is 0.228 e. The molecular formula is C35H30NO+. The van der Waals surface area contributed by atoms with Gasteiger partial charge >= 0.3 is 0 Å². The zero-order chi connectivity index (χ0) is 25.5. The van der Waals surface area contributed by atoms with Crippen LogP contribution in [0.5, 0.6) is 11.5 Å². The van der Waals surface area contributed by atoms with Crippen LogP contribution in [-0.2, 0) is 12.5 Å². The van der Waals surface area contributed by atoms with Gasteiger partial charge in [-0.2, -0.15) is 0 Å². The van der Waals surface area contributed by atoms with Crippen LogP contribution >= 0.6 is 0 Å². The number of nitrogens with zero attached hydrogens (tertiary/aromatic N) is 1. The molecule has 7 rings (SSSR count). The number of hydrogen-bond acceptors (Lipinski definition) is 1. The fourth-order valence-electron chi connectivity index (χ4n) is 6.35. The van der Waals surface area contributed by atoms with Gasteiger partial charge in [-0.3, -0.25) is 0 Å². The largest absolute Gasteiger partial charge is 0.455 e. The molecule has 0 N–H and O–H groups in total. The summed E-state index contributed by atoms with van der Waals surface area (Å²) in [5.74, 6) is 1.93. The Morgan fingerprint density at radius 3 is 2.16 bits per heavy atom. The second kappa shape index (κ2) is 7.66. The average Bonchev–Trinajstić information content (AvgIpc) is 2.89. The van der Waals surface area contributed by atoms with E-state index in [9.17, 15) is 0 Å². The smallest absolute Gasteiger partial charge is 0.228 e. The molecule has 0 saturated carbocycles. The molecule has 0 bridgehead atoms. The molecule has 0 saturated heterocycles. The molecule has 0 spiro atoms. The van der Waals surface area contributed by atoms with Crippen LogP contribution in [0.1, 0.15) is 31.9 Å². The van der Waals surface area contributed by atoms with E-state index in [1.165, 1.54) is 65.8 Å². The van der Waals surface area contributed by atoms with Crippen LogP contribution < -0.4 is 9.30 Å². The van der Waals surface area contributed by atoms with Crippen LogP contribution in [-0.4, -0.2) is 0 Å². The second-order valence-electron chi connectivity index (χ2n) is 11.3. The number of ether oxygens (including phenoxy) is 1. The monoisotopic (exact) mass is 480 g/mol. The van der Waals surface area contributed by atoms with Gasteiger partial charge in [0.25, 0.3) is 0 Å². The Labute approximate surface area is 217 Å². The SMILES string of the molecule is Cc1c2c(c(C(C)(C)C)c3ccccc13)Oc1cc3c(-c4ccccc4)cccc3c3cc[n+](C)c-2c13. The summed E-state index contributed by atoms with van der Waals surface area (Å²) in [5, 5.41) is 7.46. The number of benzene rings is 5. The molecule has 37 heavy (non-hydrogen) atoms. The molecule has 180 valence electrons. The van der Waals surface area contributed by atoms with E-state index in [1.807, 2.05) is 0 Å². The van der Waals surface area contributed by atoms with Gasteiger partial charge in [-0.25, -0.2) is 4.57 Å². The van der Waals surface area contributed by atoms with Crippen molar-refractivity contribution in [2.24, 2.45) is 7.05 Å². The third kappa shape index (κ3) is 3.08. The summed E-state index contributed by atoms with van der Waals surface area (Å²) >= 11 is 0. The summed E-state index contributed by atoms with van der Waals surface area (Å²) in [5.41, 5.74) is 7.33. The van der Waals surface area contributed by atoms with Crippen LogP contribution in [0.15, 0.2) is 91.1 Å². The van der Waals surface area contributed by atoms with Crippen LogP contribution in [0, 0.1) is 6.92 Å². The Morgan fingerprint density at radius 2 is 1.41 bits per heavy atom. The predicted octanol–water partition coefficient (Wildman–Crippen LogP) is 9.02. The van der Waals surface area contributed by atoms with Crippen molar-refractivity contribution in [1.82, 2.24) is 0 Å². The summed E-state index contributed by atoms with van der Waals surface area (Å²) < 4.78 is 9.31. The van der Waals surface area contributed by atoms with Crippen molar-refractivity contribution in [2.45, 2.75) is 33.1 Å². The molecule has 1 aromatic heterocycles. The summed E-state index contributed by atoms with van der Waals surface area (Å²) in [6.45, 7) is 9.11. The van der Waals surface area contributed by atoms with Crippen molar-refractivity contribution in [3.8, 4) is 33.9 Å². The fraction of sp³-hybridized carbons (Fsp3) is 0.171. The van der Waals surface area contributed by atoms with E-state index < -0.39 is 0 Å². The van der Waals surface area contributed by atoms with Gasteiger partial charge in [0.15, 0.2) is 6.20 Å². The van der Waals surface area contributed by atoms with Gasteiger partial charge in [0.1, 0.15) is 18.5 Å². The number of aryl methyl sites for hydroxylation is 2. The molecular weight excluding hydrogens is 450 g/mol. The number of pyridine rings is 1. The minimum absolute atomic E-state index is 0.0899. The molecule has 0 aliphatic carbocycles. The molecule has 1 aliphatic rings. The van der Waals surface area contributed by atoms with E-state index in [-0.39, 0.29) is 5.41 Å². The van der Waals surface area contributed by atoms with E-state index in [1.54, 1.807) is 0 Å². The molecule has 6 aromatic rings. The van der Waals surface area contributed by atoms with Crippen LogP contribution in [0.4, 0.5) is 0 Å². The highest BCUT2D eigenvalue weighted by atomic mass is 16.5. The van der Waals surface area contributed by atoms with E-state index in [0.29, 0.717) is 0 Å². The van der Waals surface area contributed by atoms with E-state index in [2.05, 4.69) is 130 Å². The molecule has 0 unspecified atom stereocenters. The third-order valence-electron chi connectivity index (χ3n) is 7.95. The highest BCUT2D eigenvalue weighted by Crippen LogP contribution is 2.54. The van der Waals surface area contributed by atoms with Gasteiger partial charge in [0.2, 0.25) is 5.69 Å². The molecule has 1 aliphatic heterocycles. The normalized spacial score (nSPS) is 12.7. The number of hydrogen-bond donors (Lipinski definition) is 0. The minimum atomic E-state index is -0.0899. The van der Waals surface area contributed by atoms with Crippen LogP contribution in [0.2, 0.25) is 0 Å². The fourth-order valence-corrected chi connectivity index (χ4v) is 6.35. The summed E-state index contributed by atoms with van der Waals surface area (Å²) in [6, 6.07) is 30.6. The van der Waals surface area contributed by atoms with E-state index >= 15 is 0 Å². The Morgan fingerprint density at radius 1 is 0.703 bits per heavy atom. The van der Waals surface area contributed by atoms with Crippen molar-refractivity contribution >= 4 is 32.3 Å². The lowest BCUT2D eigenvalue weighted by molar-refractivity contribution is -0.659. The van der Waals surface area contributed by atoms with Crippen molar-refractivity contribution in [3.05, 3.63) is 102 Å². The summed E-state index contributed by atoms with van der Waals surface area (Å²) in [7, 11) is 2.16. The number of fused-ring (bicyclic) bond motifs is 5. The molecule has 0 radical (unpaired) electrons. The lowest BCUT2D eigenvalue weighted by Gasteiger charge is -2.30. The lowest BCUT2D eigenvalue weighted by atomic mass is 9.78. The van der Waals surface area contributed by atoms with E-state index in [4.69, 9.17) is 4.74 Å². The maximum absolute atomic E-state index is 7.04. The quantitative estimate of drug-likeness (QED) is 0.169. The Bertz CT molecular complexity index is 1890. The number of rotatable bonds is 1. The molecule has 0 amide bonds. The Balaban J connectivity index is 1.67. The molecule has 2 heterocycles. The topological polar surface area (TPSA) is 13.1 Å². The van der Waals surface area contributed by atoms with Crippen LogP contribution in [0.3, 0.4) is 0 Å². The zero-order valence-corrected chi connectivity index (χ0v) is 22.0. The Kier molecular flexibility index (Phi) is 4.57. The lowest BCUT2D eigenvalue weighted by Crippen LogP contribution is -2.32. The first kappa shape index (κ1) is 22.1. The maximum atomic E-state index is 7.04. The van der Waals surface area contributed by atoms with Gasteiger partial charge in [0, 0.05) is 17.0 Å². The third-order valence-corrected chi connectivity index (χ3v) is 7.95. The number of aromatic nitrogens is 1. The van der Waals surface area contributed by atoms with Gasteiger partial charge < -0.3 is 4.74 Å². The van der Waals surface area contributed by atoms with Gasteiger partial charge in [-0.15, -0.1) is 0 Å². The zero-order valence-electron chi connectivity index (χ0n) is 22.0. The van der Waals surface area contributed by atoms with Crippen molar-refractivity contribution in [1.29, 1.82) is 0 Å². The first-order valence-electron chi connectivity index (χ1n) is 13.0. The minimum Gasteiger partial charge on any atom is -0.455 e. The molecule has 0 fully saturated rings. The standard InChI is InChI=1S/C35H30NO/c1-21-23-14-9-10-15-27(23)32(35(2,3)4)34-30(21)33-31-26(18-19-36(33)5)25-17-11-16-24(22-12-7-6-8-13-22)28(25)20-29(31)37-34/h6-20H,1-5H3/q+1. The molecule has 0 atom stereocenters. The molecule has 2 nitrogen and oxygen atoms in total. The summed E-state index contributed by atoms with van der Waals surface area (Å²) in [6.07, 6.45) is 2.20. The van der Waals surface area contributed by atoms with Gasteiger partial charge in [-0.1, -0.05) is 93.6 Å². The molecule has 2 heteroatoms. The van der Waals surface area contributed by atoms with Gasteiger partial charge in [-0.05, 0) is 56.6 Å². The first-order chi connectivity index (χ1) is 17.8. The van der Waals surface area contributed by atoms with Gasteiger partial charge in [0.05, 0.1) is 10.9 Å². The average molecular weight is 481 g/mol. The van der Waals surface area contributed by atoms with E-state index in [0.717, 1.165) is 11.5 Å². The predicted molar refractivity (Wildman–Crippen MR) is 155 cm³/mol. The highest BCUT2D eigenvalue weighted by Gasteiger charge is 2.36. The Hall–Kier alpha value is -4.17. The van der Waals surface area contributed by atoms with Crippen LogP contribution in [0.25, 0.3) is 54.7 Å². The second-order valence-corrected chi connectivity index (χ2v) is 11.3. The van der Waals surface area contributed by atoms with Crippen molar-refractivity contribution in [3.63, 3.8) is 0 Å². The highest BCUT2D eigenvalue weighted by molar-refractivity contribution is 6.18.